The zero-order valence-corrected chi connectivity index (χ0v) is 34.0. The number of hydrogen-bond acceptors (Lipinski definition) is 5. The van der Waals surface area contributed by atoms with Gasteiger partial charge in [0.15, 0.2) is 0 Å². The van der Waals surface area contributed by atoms with Crippen molar-refractivity contribution in [1.29, 1.82) is 0 Å². The largest absolute Gasteiger partial charge is 0.462 e. The third kappa shape index (κ3) is 35.2. The van der Waals surface area contributed by atoms with Gasteiger partial charge < -0.3 is 20.3 Å². The fourth-order valence-corrected chi connectivity index (χ4v) is 6.66. The van der Waals surface area contributed by atoms with Crippen molar-refractivity contribution in [2.24, 2.45) is 0 Å². The Bertz CT molecular complexity index is 812. The average molecular weight is 720 g/mol. The third-order valence-electron chi connectivity index (χ3n) is 10.0. The lowest BCUT2D eigenvalue weighted by atomic mass is 10.0. The zero-order chi connectivity index (χ0) is 37.5. The molecule has 3 unspecified atom stereocenters. The molecule has 0 spiro atoms. The van der Waals surface area contributed by atoms with Crippen LogP contribution in [0.4, 0.5) is 0 Å². The molecule has 0 saturated heterocycles. The van der Waals surface area contributed by atoms with Gasteiger partial charge in [0, 0.05) is 6.42 Å². The van der Waals surface area contributed by atoms with E-state index in [0.29, 0.717) is 25.7 Å². The van der Waals surface area contributed by atoms with Crippen molar-refractivity contribution in [2.75, 3.05) is 6.61 Å². The molecule has 0 aromatic heterocycles. The Morgan fingerprint density at radius 3 is 1.49 bits per heavy atom. The van der Waals surface area contributed by atoms with E-state index in [0.717, 1.165) is 51.4 Å². The van der Waals surface area contributed by atoms with E-state index in [9.17, 15) is 19.8 Å². The molecule has 0 aliphatic carbocycles. The van der Waals surface area contributed by atoms with E-state index >= 15 is 0 Å². The molecule has 0 aromatic rings. The van der Waals surface area contributed by atoms with Gasteiger partial charge in [-0.25, -0.2) is 0 Å². The van der Waals surface area contributed by atoms with Crippen LogP contribution < -0.4 is 5.32 Å². The Hall–Kier alpha value is -1.66. The Balaban J connectivity index is 4.64. The molecule has 0 aliphatic rings. The van der Waals surface area contributed by atoms with Gasteiger partial charge in [0.05, 0.1) is 25.2 Å². The Kier molecular flexibility index (Phi) is 38.3. The molecule has 300 valence electrons. The van der Waals surface area contributed by atoms with Gasteiger partial charge in [-0.05, 0) is 44.9 Å². The predicted octanol–water partition coefficient (Wildman–Crippen LogP) is 12.4. The molecule has 1 amide bonds. The van der Waals surface area contributed by atoms with Crippen LogP contribution in [0.5, 0.6) is 0 Å². The molecule has 3 atom stereocenters. The van der Waals surface area contributed by atoms with Crippen molar-refractivity contribution in [3.63, 3.8) is 0 Å². The number of carbonyl (C=O) groups excluding carboxylic acids is 2. The van der Waals surface area contributed by atoms with Crippen LogP contribution in [0, 0.1) is 0 Å². The lowest BCUT2D eigenvalue weighted by Gasteiger charge is -2.24. The maximum Gasteiger partial charge on any atom is 0.306 e. The van der Waals surface area contributed by atoms with E-state index in [4.69, 9.17) is 4.74 Å². The van der Waals surface area contributed by atoms with Gasteiger partial charge in [-0.3, -0.25) is 9.59 Å². The summed E-state index contributed by atoms with van der Waals surface area (Å²) in [5, 5.41) is 23.5. The van der Waals surface area contributed by atoms with Gasteiger partial charge in [0.2, 0.25) is 5.91 Å². The summed E-state index contributed by atoms with van der Waals surface area (Å²) in [7, 11) is 0. The highest BCUT2D eigenvalue weighted by Gasteiger charge is 2.24. The van der Waals surface area contributed by atoms with Crippen LogP contribution in [0.2, 0.25) is 0 Å². The summed E-state index contributed by atoms with van der Waals surface area (Å²) in [6, 6.07) is -0.704. The van der Waals surface area contributed by atoms with E-state index in [2.05, 4.69) is 44.3 Å². The van der Waals surface area contributed by atoms with Crippen molar-refractivity contribution < 1.29 is 24.5 Å². The number of aliphatic hydroxyl groups is 2. The molecule has 0 saturated carbocycles. The summed E-state index contributed by atoms with van der Waals surface area (Å²) in [5.74, 6) is -0.551. The minimum atomic E-state index is -0.788. The fourth-order valence-electron chi connectivity index (χ4n) is 6.66. The summed E-state index contributed by atoms with van der Waals surface area (Å²) in [4.78, 5) is 25.8. The van der Waals surface area contributed by atoms with Gasteiger partial charge in [0.1, 0.15) is 6.10 Å². The Morgan fingerprint density at radius 1 is 0.569 bits per heavy atom. The zero-order valence-electron chi connectivity index (χ0n) is 34.0. The summed E-state index contributed by atoms with van der Waals surface area (Å²) in [6.45, 7) is 6.42. The standard InChI is InChI=1S/C45H85NO5/c1-4-7-10-13-16-19-21-22-23-26-29-32-35-38-45(50)51-41(36-33-30-27-25-20-17-14-11-8-5-2)39-44(49)46-42(40-47)43(48)37-34-31-28-24-18-15-12-9-6-3/h22-23,29,32,41-43,47-48H,4-21,24-28,30-31,33-40H2,1-3H3,(H,46,49)/b23-22-,32-29+. The molecule has 51 heavy (non-hydrogen) atoms. The van der Waals surface area contributed by atoms with Crippen LogP contribution in [0.3, 0.4) is 0 Å². The summed E-state index contributed by atoms with van der Waals surface area (Å²) in [5.41, 5.74) is 0. The molecule has 6 nitrogen and oxygen atoms in total. The Labute approximate surface area is 316 Å². The first kappa shape index (κ1) is 49.3. The molecule has 0 heterocycles. The number of ether oxygens (including phenoxy) is 1. The van der Waals surface area contributed by atoms with Crippen LogP contribution >= 0.6 is 0 Å². The molecule has 6 heteroatoms. The van der Waals surface area contributed by atoms with Crippen molar-refractivity contribution in [3.8, 4) is 0 Å². The fraction of sp³-hybridized carbons (Fsp3) is 0.867. The molecular formula is C45H85NO5. The smallest absolute Gasteiger partial charge is 0.306 e. The van der Waals surface area contributed by atoms with Crippen LogP contribution in [-0.2, 0) is 14.3 Å². The maximum absolute atomic E-state index is 13.1. The van der Waals surface area contributed by atoms with E-state index in [-0.39, 0.29) is 24.9 Å². The summed E-state index contributed by atoms with van der Waals surface area (Å²) >= 11 is 0. The van der Waals surface area contributed by atoms with E-state index in [1.807, 2.05) is 6.08 Å². The van der Waals surface area contributed by atoms with Crippen LogP contribution in [0.1, 0.15) is 226 Å². The lowest BCUT2D eigenvalue weighted by Crippen LogP contribution is -2.46. The van der Waals surface area contributed by atoms with Gasteiger partial charge in [0.25, 0.3) is 0 Å². The van der Waals surface area contributed by atoms with E-state index in [1.54, 1.807) is 0 Å². The number of esters is 1. The number of hydrogen-bond donors (Lipinski definition) is 3. The number of allylic oxidation sites excluding steroid dienone is 4. The Morgan fingerprint density at radius 2 is 1.00 bits per heavy atom. The second-order valence-electron chi connectivity index (χ2n) is 15.1. The number of unbranched alkanes of at least 4 members (excludes halogenated alkanes) is 23. The quantitative estimate of drug-likeness (QED) is 0.0334. The first-order chi connectivity index (χ1) is 25.0. The van der Waals surface area contributed by atoms with Gasteiger partial charge in [-0.15, -0.1) is 0 Å². The SMILES string of the molecule is CCCCCCCC/C=C\C/C=C/CCC(=O)OC(CCCCCCCCCCCC)CC(=O)NC(CO)C(O)CCCCCCCCCCC. The molecule has 0 aromatic carbocycles. The average Bonchev–Trinajstić information content (AvgIpc) is 3.12. The van der Waals surface area contributed by atoms with Crippen LogP contribution in [0.25, 0.3) is 0 Å². The van der Waals surface area contributed by atoms with Crippen molar-refractivity contribution in [3.05, 3.63) is 24.3 Å². The molecule has 0 aliphatic heterocycles. The maximum atomic E-state index is 13.1. The van der Waals surface area contributed by atoms with E-state index < -0.39 is 18.2 Å². The topological polar surface area (TPSA) is 95.9 Å². The molecular weight excluding hydrogens is 634 g/mol. The number of nitrogens with one attached hydrogen (secondary N) is 1. The van der Waals surface area contributed by atoms with Crippen LogP contribution in [0.15, 0.2) is 24.3 Å². The predicted molar refractivity (Wildman–Crippen MR) is 218 cm³/mol. The molecule has 0 bridgehead atoms. The normalized spacial score (nSPS) is 13.6. The molecule has 0 rings (SSSR count). The number of rotatable bonds is 39. The molecule has 0 fully saturated rings. The highest BCUT2D eigenvalue weighted by molar-refractivity contribution is 5.77. The second kappa shape index (κ2) is 39.5. The lowest BCUT2D eigenvalue weighted by molar-refractivity contribution is -0.150. The highest BCUT2D eigenvalue weighted by Crippen LogP contribution is 2.17. The van der Waals surface area contributed by atoms with Crippen LogP contribution in [-0.4, -0.2) is 46.9 Å². The van der Waals surface area contributed by atoms with E-state index in [1.165, 1.54) is 122 Å². The van der Waals surface area contributed by atoms with Crippen molar-refractivity contribution in [2.45, 2.75) is 244 Å². The van der Waals surface area contributed by atoms with Gasteiger partial charge in [-0.2, -0.15) is 0 Å². The number of aliphatic hydroxyl groups excluding tert-OH is 2. The first-order valence-electron chi connectivity index (χ1n) is 22.1. The molecule has 3 N–H and O–H groups in total. The number of amides is 1. The second-order valence-corrected chi connectivity index (χ2v) is 15.1. The minimum absolute atomic E-state index is 0.0592. The van der Waals surface area contributed by atoms with Crippen molar-refractivity contribution >= 4 is 11.9 Å². The van der Waals surface area contributed by atoms with Crippen molar-refractivity contribution in [1.82, 2.24) is 5.32 Å². The highest BCUT2D eigenvalue weighted by atomic mass is 16.5. The first-order valence-corrected chi connectivity index (χ1v) is 22.1. The molecule has 0 radical (unpaired) electrons. The van der Waals surface area contributed by atoms with Gasteiger partial charge in [-0.1, -0.05) is 193 Å². The third-order valence-corrected chi connectivity index (χ3v) is 10.0. The minimum Gasteiger partial charge on any atom is -0.462 e. The summed E-state index contributed by atoms with van der Waals surface area (Å²) < 4.78 is 5.85. The summed E-state index contributed by atoms with van der Waals surface area (Å²) in [6.07, 6.45) is 42.5. The monoisotopic (exact) mass is 720 g/mol. The number of carbonyl (C=O) groups is 2. The van der Waals surface area contributed by atoms with Gasteiger partial charge >= 0.3 is 5.97 Å².